The van der Waals surface area contributed by atoms with Crippen molar-refractivity contribution in [1.82, 2.24) is 29.7 Å². The zero-order valence-corrected chi connectivity index (χ0v) is 13.8. The lowest BCUT2D eigenvalue weighted by atomic mass is 9.67. The number of nitrogens with one attached hydrogen (secondary N) is 1. The smallest absolute Gasteiger partial charge is 0.241 e. The van der Waals surface area contributed by atoms with Crippen LogP contribution >= 0.6 is 0 Å². The summed E-state index contributed by atoms with van der Waals surface area (Å²) in [6.07, 6.45) is 9.64. The van der Waals surface area contributed by atoms with E-state index in [1.165, 1.54) is 6.42 Å². The van der Waals surface area contributed by atoms with Gasteiger partial charge < -0.3 is 10.1 Å². The standard InChI is InChI=1S/C17H20N6O.H2/c1-17(7-13-12(17)3-5-18-13)24-16-15-4-6-19-23(15)10-14(21-16)11-8-20-22(2)9-11;/h4,6,8-10,12-13,18H,3,5,7H2,1-2H3;1H/t12-,13-,17+;/m1./s1. The number of fused-ring (bicyclic) bond motifs is 2. The van der Waals surface area contributed by atoms with Crippen molar-refractivity contribution in [2.75, 3.05) is 6.54 Å². The maximum absolute atomic E-state index is 6.45. The third-order valence-electron chi connectivity index (χ3n) is 5.44. The van der Waals surface area contributed by atoms with Crippen molar-refractivity contribution in [2.24, 2.45) is 13.0 Å². The van der Waals surface area contributed by atoms with Crippen molar-refractivity contribution in [3.63, 3.8) is 0 Å². The molecule has 0 amide bonds. The first-order valence-corrected chi connectivity index (χ1v) is 8.38. The molecule has 0 spiro atoms. The number of hydrogen-bond donors (Lipinski definition) is 1. The SMILES string of the molecule is Cn1cc(-c2cn3nccc3c(O[C@@]3(C)C[C@H]4NCC[C@H]43)n2)cn1.[HH]. The van der Waals surface area contributed by atoms with E-state index in [4.69, 9.17) is 9.72 Å². The summed E-state index contributed by atoms with van der Waals surface area (Å²) in [5.41, 5.74) is 2.52. The highest BCUT2D eigenvalue weighted by molar-refractivity contribution is 5.63. The van der Waals surface area contributed by atoms with Crippen LogP contribution in [0, 0.1) is 5.92 Å². The van der Waals surface area contributed by atoms with E-state index in [9.17, 15) is 0 Å². The lowest BCUT2D eigenvalue weighted by molar-refractivity contribution is -0.0654. The van der Waals surface area contributed by atoms with Gasteiger partial charge in [-0.05, 0) is 26.0 Å². The van der Waals surface area contributed by atoms with Crippen molar-refractivity contribution in [3.05, 3.63) is 30.9 Å². The number of aromatic nitrogens is 5. The molecule has 1 N–H and O–H groups in total. The highest BCUT2D eigenvalue weighted by atomic mass is 16.5. The van der Waals surface area contributed by atoms with Gasteiger partial charge in [-0.2, -0.15) is 10.2 Å². The molecule has 0 radical (unpaired) electrons. The second kappa shape index (κ2) is 4.80. The molecule has 1 aliphatic carbocycles. The fourth-order valence-electron chi connectivity index (χ4n) is 4.14. The second-order valence-electron chi connectivity index (χ2n) is 7.07. The fraction of sp³-hybridized carbons (Fsp3) is 0.471. The Bertz CT molecular complexity index is 921. The van der Waals surface area contributed by atoms with E-state index in [2.05, 4.69) is 22.4 Å². The van der Waals surface area contributed by atoms with E-state index < -0.39 is 0 Å². The molecule has 2 aliphatic rings. The summed E-state index contributed by atoms with van der Waals surface area (Å²) < 4.78 is 10.1. The first-order valence-electron chi connectivity index (χ1n) is 8.38. The van der Waals surface area contributed by atoms with Crippen LogP contribution in [0.5, 0.6) is 5.88 Å². The summed E-state index contributed by atoms with van der Waals surface area (Å²) in [6, 6.07) is 2.54. The van der Waals surface area contributed by atoms with Gasteiger partial charge in [0.1, 0.15) is 11.1 Å². The summed E-state index contributed by atoms with van der Waals surface area (Å²) in [6.45, 7) is 3.28. The summed E-state index contributed by atoms with van der Waals surface area (Å²) in [7, 11) is 1.90. The number of hydrogen-bond acceptors (Lipinski definition) is 5. The average Bonchev–Trinajstić information content (AvgIpc) is 3.25. The molecule has 4 heterocycles. The Hall–Kier alpha value is -2.41. The van der Waals surface area contributed by atoms with E-state index in [0.29, 0.717) is 17.8 Å². The van der Waals surface area contributed by atoms with Crippen molar-refractivity contribution < 1.29 is 6.16 Å². The number of nitrogens with zero attached hydrogens (tertiary/aromatic N) is 5. The van der Waals surface area contributed by atoms with Crippen LogP contribution < -0.4 is 10.1 Å². The largest absolute Gasteiger partial charge is 0.469 e. The van der Waals surface area contributed by atoms with Gasteiger partial charge in [0.15, 0.2) is 0 Å². The first-order chi connectivity index (χ1) is 11.6. The predicted octanol–water partition coefficient (Wildman–Crippen LogP) is 1.90. The summed E-state index contributed by atoms with van der Waals surface area (Å²) in [5.74, 6) is 1.21. The van der Waals surface area contributed by atoms with Crippen molar-refractivity contribution in [2.45, 2.75) is 31.4 Å². The molecule has 0 aromatic carbocycles. The highest BCUT2D eigenvalue weighted by Gasteiger charge is 2.55. The Labute approximate surface area is 141 Å². The number of ether oxygens (including phenoxy) is 1. The number of aryl methyl sites for hydroxylation is 1. The molecule has 5 rings (SSSR count). The molecule has 7 nitrogen and oxygen atoms in total. The van der Waals surface area contributed by atoms with Gasteiger partial charge in [0, 0.05) is 38.6 Å². The van der Waals surface area contributed by atoms with Crippen LogP contribution in [0.3, 0.4) is 0 Å². The van der Waals surface area contributed by atoms with Crippen LogP contribution in [0.25, 0.3) is 16.8 Å². The Kier molecular flexibility index (Phi) is 2.79. The van der Waals surface area contributed by atoms with Crippen LogP contribution in [-0.4, -0.2) is 42.6 Å². The molecule has 7 heteroatoms. The normalized spacial score (nSPS) is 28.8. The van der Waals surface area contributed by atoms with Gasteiger partial charge in [0.05, 0.1) is 24.3 Å². The van der Waals surface area contributed by atoms with E-state index >= 15 is 0 Å². The molecule has 1 saturated heterocycles. The monoisotopic (exact) mass is 326 g/mol. The lowest BCUT2D eigenvalue weighted by Gasteiger charge is -2.49. The summed E-state index contributed by atoms with van der Waals surface area (Å²) >= 11 is 0. The van der Waals surface area contributed by atoms with Gasteiger partial charge in [-0.15, -0.1) is 0 Å². The van der Waals surface area contributed by atoms with Gasteiger partial charge in [0.25, 0.3) is 0 Å². The van der Waals surface area contributed by atoms with Crippen molar-refractivity contribution in [3.8, 4) is 17.1 Å². The third-order valence-corrected chi connectivity index (χ3v) is 5.44. The summed E-state index contributed by atoms with van der Waals surface area (Å²) in [5, 5.41) is 12.1. The molecule has 3 atom stereocenters. The fourth-order valence-corrected chi connectivity index (χ4v) is 4.14. The Morgan fingerprint density at radius 1 is 1.38 bits per heavy atom. The van der Waals surface area contributed by atoms with E-state index in [1.807, 2.05) is 36.2 Å². The lowest BCUT2D eigenvalue weighted by Crippen LogP contribution is -2.59. The maximum Gasteiger partial charge on any atom is 0.241 e. The van der Waals surface area contributed by atoms with Crippen LogP contribution in [0.15, 0.2) is 30.9 Å². The number of rotatable bonds is 3. The minimum absolute atomic E-state index is 0. The zero-order chi connectivity index (χ0) is 16.3. The van der Waals surface area contributed by atoms with Crippen LogP contribution in [0.2, 0.25) is 0 Å². The molecule has 0 unspecified atom stereocenters. The Balaban J connectivity index is 0.00000157. The molecule has 126 valence electrons. The molecule has 1 saturated carbocycles. The van der Waals surface area contributed by atoms with Crippen molar-refractivity contribution >= 4 is 5.52 Å². The third kappa shape index (κ3) is 1.97. The molecule has 0 bridgehead atoms. The molecule has 3 aromatic heterocycles. The van der Waals surface area contributed by atoms with Crippen LogP contribution in [0.1, 0.15) is 21.2 Å². The molecular formula is C17H22N6O. The Morgan fingerprint density at radius 2 is 2.29 bits per heavy atom. The van der Waals surface area contributed by atoms with E-state index in [-0.39, 0.29) is 7.03 Å². The molecule has 3 aromatic rings. The van der Waals surface area contributed by atoms with Crippen molar-refractivity contribution in [1.29, 1.82) is 0 Å². The average molecular weight is 326 g/mol. The molecule has 24 heavy (non-hydrogen) atoms. The van der Waals surface area contributed by atoms with Gasteiger partial charge in [-0.1, -0.05) is 0 Å². The highest BCUT2D eigenvalue weighted by Crippen LogP contribution is 2.46. The van der Waals surface area contributed by atoms with Crippen LogP contribution in [-0.2, 0) is 7.05 Å². The predicted molar refractivity (Wildman–Crippen MR) is 90.9 cm³/mol. The van der Waals surface area contributed by atoms with E-state index in [1.54, 1.807) is 10.9 Å². The molecule has 2 fully saturated rings. The first kappa shape index (κ1) is 14.0. The minimum atomic E-state index is -0.153. The zero-order valence-electron chi connectivity index (χ0n) is 13.8. The van der Waals surface area contributed by atoms with Crippen LogP contribution in [0.4, 0.5) is 0 Å². The second-order valence-corrected chi connectivity index (χ2v) is 7.07. The van der Waals surface area contributed by atoms with Gasteiger partial charge in [-0.25, -0.2) is 9.50 Å². The van der Waals surface area contributed by atoms with Gasteiger partial charge in [-0.3, -0.25) is 4.68 Å². The van der Waals surface area contributed by atoms with Gasteiger partial charge >= 0.3 is 0 Å². The molecule has 1 aliphatic heterocycles. The quantitative estimate of drug-likeness (QED) is 0.796. The molecular weight excluding hydrogens is 304 g/mol. The van der Waals surface area contributed by atoms with E-state index in [0.717, 1.165) is 29.7 Å². The summed E-state index contributed by atoms with van der Waals surface area (Å²) in [4.78, 5) is 4.78. The van der Waals surface area contributed by atoms with Gasteiger partial charge in [0.2, 0.25) is 5.88 Å². The minimum Gasteiger partial charge on any atom is -0.469 e. The maximum atomic E-state index is 6.45. The Morgan fingerprint density at radius 3 is 3.08 bits per heavy atom. The topological polar surface area (TPSA) is 69.3 Å².